The molecule has 0 spiro atoms. The maximum atomic E-state index is 12.9. The summed E-state index contributed by atoms with van der Waals surface area (Å²) in [6.45, 7) is 1.86. The van der Waals surface area contributed by atoms with Crippen LogP contribution in [0, 0.1) is 0 Å². The summed E-state index contributed by atoms with van der Waals surface area (Å²) in [6.07, 6.45) is -2.60. The fourth-order valence-electron chi connectivity index (χ4n) is 1.23. The minimum atomic E-state index is -4.75. The maximum absolute atomic E-state index is 12.9. The molecule has 1 aromatic rings. The Bertz CT molecular complexity index is 419. The number of aromatic nitrogens is 2. The number of alkyl halides is 4. The highest BCUT2D eigenvalue weighted by molar-refractivity contribution is 6.33. The highest BCUT2D eigenvalue weighted by atomic mass is 35.5. The van der Waals surface area contributed by atoms with E-state index >= 15 is 0 Å². The number of rotatable bonds is 5. The lowest BCUT2D eigenvalue weighted by Gasteiger charge is -2.14. The molecule has 0 unspecified atom stereocenters. The zero-order valence-corrected chi connectivity index (χ0v) is 9.52. The molecule has 0 radical (unpaired) electrons. The third-order valence-electron chi connectivity index (χ3n) is 2.02. The molecule has 0 aliphatic rings. The molecule has 0 aromatic carbocycles. The highest BCUT2D eigenvalue weighted by Gasteiger charge is 2.50. The summed E-state index contributed by atoms with van der Waals surface area (Å²) in [5.41, 5.74) is -0.682. The quantitative estimate of drug-likeness (QED) is 0.610. The van der Waals surface area contributed by atoms with Crippen LogP contribution in [0.25, 0.3) is 0 Å². The Kier molecular flexibility index (Phi) is 4.13. The van der Waals surface area contributed by atoms with Gasteiger partial charge >= 0.3 is 12.3 Å². The van der Waals surface area contributed by atoms with Gasteiger partial charge in [0.05, 0.1) is 11.2 Å². The van der Waals surface area contributed by atoms with Crippen molar-refractivity contribution >= 4 is 17.4 Å². The zero-order chi connectivity index (χ0) is 13.2. The fourth-order valence-corrected chi connectivity index (χ4v) is 1.45. The first-order valence-electron chi connectivity index (χ1n) is 4.74. The summed E-state index contributed by atoms with van der Waals surface area (Å²) in [4.78, 5) is 11.3. The number of carbonyl (C=O) groups is 1. The summed E-state index contributed by atoms with van der Waals surface area (Å²) in [5, 5.41) is 3.23. The average Bonchev–Trinajstić information content (AvgIpc) is 2.59. The van der Waals surface area contributed by atoms with Crippen molar-refractivity contribution in [3.8, 4) is 0 Å². The number of aryl methyl sites for hydroxylation is 1. The van der Waals surface area contributed by atoms with Crippen LogP contribution in [-0.2, 0) is 6.54 Å². The van der Waals surface area contributed by atoms with Crippen molar-refractivity contribution in [2.75, 3.05) is 0 Å². The number of Topliss-reactive ketones (excluding diaryl/α,β-unsaturated/α-hetero) is 1. The van der Waals surface area contributed by atoms with E-state index in [4.69, 9.17) is 11.6 Å². The molecule has 96 valence electrons. The van der Waals surface area contributed by atoms with E-state index in [0.717, 1.165) is 10.9 Å². The molecule has 17 heavy (non-hydrogen) atoms. The first-order valence-corrected chi connectivity index (χ1v) is 5.12. The Morgan fingerprint density at radius 3 is 2.65 bits per heavy atom. The van der Waals surface area contributed by atoms with Gasteiger partial charge in [-0.3, -0.25) is 9.48 Å². The van der Waals surface area contributed by atoms with E-state index in [0.29, 0.717) is 6.42 Å². The molecule has 0 saturated heterocycles. The van der Waals surface area contributed by atoms with Crippen molar-refractivity contribution < 1.29 is 22.4 Å². The molecule has 3 nitrogen and oxygen atoms in total. The van der Waals surface area contributed by atoms with Crippen LogP contribution < -0.4 is 0 Å². The summed E-state index contributed by atoms with van der Waals surface area (Å²) < 4.78 is 50.8. The van der Waals surface area contributed by atoms with Gasteiger partial charge < -0.3 is 0 Å². The van der Waals surface area contributed by atoms with E-state index < -0.39 is 23.8 Å². The van der Waals surface area contributed by atoms with Crippen LogP contribution in [0.5, 0.6) is 0 Å². The molecule has 0 aliphatic heterocycles. The molecule has 0 atom stereocenters. The van der Waals surface area contributed by atoms with Crippen LogP contribution >= 0.6 is 11.6 Å². The smallest absolute Gasteiger partial charge is 0.285 e. The lowest BCUT2D eigenvalue weighted by molar-refractivity contribution is -0.0962. The lowest BCUT2D eigenvalue weighted by atomic mass is 10.1. The average molecular weight is 273 g/mol. The van der Waals surface area contributed by atoms with E-state index in [1.165, 1.54) is 0 Å². The molecule has 1 aromatic heterocycles. The van der Waals surface area contributed by atoms with Gasteiger partial charge in [0.15, 0.2) is 0 Å². The number of ketones is 1. The van der Waals surface area contributed by atoms with Gasteiger partial charge in [-0.1, -0.05) is 18.5 Å². The summed E-state index contributed by atoms with van der Waals surface area (Å²) in [6, 6.07) is 0. The van der Waals surface area contributed by atoms with Gasteiger partial charge in [0.1, 0.15) is 5.69 Å². The van der Waals surface area contributed by atoms with Gasteiger partial charge in [-0.05, 0) is 6.42 Å². The van der Waals surface area contributed by atoms with Crippen LogP contribution in [0.3, 0.4) is 0 Å². The Hall–Kier alpha value is -1.11. The Morgan fingerprint density at radius 1 is 1.59 bits per heavy atom. The second-order valence-electron chi connectivity index (χ2n) is 3.32. The summed E-state index contributed by atoms with van der Waals surface area (Å²) >= 11 is 5.50. The maximum Gasteiger partial charge on any atom is 0.370 e. The topological polar surface area (TPSA) is 34.9 Å². The van der Waals surface area contributed by atoms with Crippen LogP contribution in [0.1, 0.15) is 23.8 Å². The van der Waals surface area contributed by atoms with Crippen LogP contribution in [0.4, 0.5) is 17.6 Å². The van der Waals surface area contributed by atoms with E-state index in [1.807, 2.05) is 0 Å². The number of carbonyl (C=O) groups excluding carboxylic acids is 1. The molecule has 1 heterocycles. The van der Waals surface area contributed by atoms with Gasteiger partial charge in [-0.15, -0.1) is 0 Å². The van der Waals surface area contributed by atoms with E-state index in [9.17, 15) is 22.4 Å². The molecule has 0 aliphatic carbocycles. The van der Waals surface area contributed by atoms with E-state index in [-0.39, 0.29) is 11.6 Å². The molecule has 0 amide bonds. The van der Waals surface area contributed by atoms with Crippen molar-refractivity contribution in [3.63, 3.8) is 0 Å². The third kappa shape index (κ3) is 2.59. The normalized spacial score (nSPS) is 12.2. The molecule has 0 fully saturated rings. The van der Waals surface area contributed by atoms with Crippen LogP contribution in [0.15, 0.2) is 6.20 Å². The molecule has 1 rings (SSSR count). The first kappa shape index (κ1) is 14.0. The summed E-state index contributed by atoms with van der Waals surface area (Å²) in [5.74, 6) is -6.77. The molecular formula is C9H9ClF4N2O. The van der Waals surface area contributed by atoms with Crippen molar-refractivity contribution in [3.05, 3.63) is 16.9 Å². The minimum Gasteiger partial charge on any atom is -0.285 e. The lowest BCUT2D eigenvalue weighted by Crippen LogP contribution is -2.38. The molecular weight excluding hydrogens is 264 g/mol. The highest BCUT2D eigenvalue weighted by Crippen LogP contribution is 2.30. The van der Waals surface area contributed by atoms with Crippen LogP contribution in [0.2, 0.25) is 5.02 Å². The summed E-state index contributed by atoms with van der Waals surface area (Å²) in [7, 11) is 0. The van der Waals surface area contributed by atoms with Gasteiger partial charge in [-0.25, -0.2) is 8.78 Å². The molecule has 0 N–H and O–H groups in total. The Labute approximate surface area is 99.4 Å². The Morgan fingerprint density at radius 2 is 2.18 bits per heavy atom. The van der Waals surface area contributed by atoms with Crippen LogP contribution in [-0.4, -0.2) is 27.9 Å². The third-order valence-corrected chi connectivity index (χ3v) is 2.30. The number of hydrogen-bond donors (Lipinski definition) is 0. The second-order valence-corrected chi connectivity index (χ2v) is 3.72. The van der Waals surface area contributed by atoms with Crippen molar-refractivity contribution in [1.82, 2.24) is 9.78 Å². The predicted molar refractivity (Wildman–Crippen MR) is 52.8 cm³/mol. The molecule has 8 heteroatoms. The molecule has 0 bridgehead atoms. The van der Waals surface area contributed by atoms with Crippen molar-refractivity contribution in [2.45, 2.75) is 32.2 Å². The van der Waals surface area contributed by atoms with Crippen molar-refractivity contribution in [2.24, 2.45) is 0 Å². The number of nitrogens with zero attached hydrogens (tertiary/aromatic N) is 2. The standard InChI is InChI=1S/C9H9ClF4N2O/c1-2-3-16-6(5(10)4-15-16)7(17)9(13,14)8(11)12/h4,8H,2-3H2,1H3. The molecule has 0 saturated carbocycles. The van der Waals surface area contributed by atoms with E-state index in [1.54, 1.807) is 6.92 Å². The fraction of sp³-hybridized carbons (Fsp3) is 0.556. The number of halogens is 5. The van der Waals surface area contributed by atoms with Gasteiger partial charge in [0.2, 0.25) is 0 Å². The number of hydrogen-bond acceptors (Lipinski definition) is 2. The van der Waals surface area contributed by atoms with Gasteiger partial charge in [-0.2, -0.15) is 13.9 Å². The Balaban J connectivity index is 3.15. The SMILES string of the molecule is CCCn1ncc(Cl)c1C(=O)C(F)(F)C(F)F. The van der Waals surface area contributed by atoms with Gasteiger partial charge in [0.25, 0.3) is 5.78 Å². The monoisotopic (exact) mass is 272 g/mol. The minimum absolute atomic E-state index is 0.146. The second kappa shape index (κ2) is 5.03. The van der Waals surface area contributed by atoms with Gasteiger partial charge in [0, 0.05) is 6.54 Å². The predicted octanol–water partition coefficient (Wildman–Crippen LogP) is 3.03. The first-order chi connectivity index (χ1) is 7.82. The largest absolute Gasteiger partial charge is 0.370 e. The van der Waals surface area contributed by atoms with Crippen molar-refractivity contribution in [1.29, 1.82) is 0 Å². The zero-order valence-electron chi connectivity index (χ0n) is 8.76. The van der Waals surface area contributed by atoms with E-state index in [2.05, 4.69) is 5.10 Å².